The molecule has 3 heteroatoms. The smallest absolute Gasteiger partial charge is 0.246 e. The Bertz CT molecular complexity index is 126. The Kier molecular flexibility index (Phi) is 2.84. The number of carbonyl (C=O) groups is 1. The molecule has 0 bridgehead atoms. The van der Waals surface area contributed by atoms with Crippen LogP contribution in [0.25, 0.3) is 0 Å². The molecule has 0 aromatic carbocycles. The minimum absolute atomic E-state index is 0.0472. The molecule has 1 atom stereocenters. The van der Waals surface area contributed by atoms with E-state index >= 15 is 0 Å². The quantitative estimate of drug-likeness (QED) is 0.585. The van der Waals surface area contributed by atoms with Crippen LogP contribution in [0.2, 0.25) is 0 Å². The van der Waals surface area contributed by atoms with Crippen LogP contribution >= 0.6 is 0 Å². The summed E-state index contributed by atoms with van der Waals surface area (Å²) in [6.45, 7) is 5.83. The average molecular weight is 145 g/mol. The van der Waals surface area contributed by atoms with Crippen molar-refractivity contribution in [2.24, 2.45) is 11.1 Å². The fraction of sp³-hybridized carbons (Fsp3) is 0.857. The van der Waals surface area contributed by atoms with Crippen molar-refractivity contribution in [2.75, 3.05) is 0 Å². The fourth-order valence-electron chi connectivity index (χ4n) is 0.681. The van der Waals surface area contributed by atoms with E-state index < -0.39 is 12.0 Å². The second kappa shape index (κ2) is 3.01. The second-order valence-electron chi connectivity index (χ2n) is 3.68. The summed E-state index contributed by atoms with van der Waals surface area (Å²) < 4.78 is 0. The van der Waals surface area contributed by atoms with Crippen LogP contribution < -0.4 is 5.73 Å². The van der Waals surface area contributed by atoms with Crippen molar-refractivity contribution in [3.63, 3.8) is 0 Å². The number of aliphatic hydroxyl groups is 1. The molecule has 0 unspecified atom stereocenters. The average Bonchev–Trinajstić information content (AvgIpc) is 1.60. The summed E-state index contributed by atoms with van der Waals surface area (Å²) in [6.07, 6.45) is -0.581. The first-order valence-corrected chi connectivity index (χ1v) is 3.30. The highest BCUT2D eigenvalue weighted by molar-refractivity contribution is 5.78. The van der Waals surface area contributed by atoms with Crippen LogP contribution in [0.5, 0.6) is 0 Å². The standard InChI is InChI=1S/C7H15NO2/c1-7(2,3)4-5(9)6(8)10/h5,9H,4H2,1-3H3,(H2,8,10)/t5-/m0/s1. The SMILES string of the molecule is CC(C)(C)C[C@H](O)C(N)=O. The predicted octanol–water partition coefficient (Wildman–Crippen LogP) is 0.269. The molecule has 0 heterocycles. The lowest BCUT2D eigenvalue weighted by molar-refractivity contribution is -0.127. The van der Waals surface area contributed by atoms with Crippen molar-refractivity contribution in [1.29, 1.82) is 0 Å². The first-order chi connectivity index (χ1) is 4.33. The number of rotatable bonds is 2. The van der Waals surface area contributed by atoms with Gasteiger partial charge in [0, 0.05) is 0 Å². The number of carbonyl (C=O) groups excluding carboxylic acids is 1. The molecule has 3 N–H and O–H groups in total. The van der Waals surface area contributed by atoms with Gasteiger partial charge < -0.3 is 10.8 Å². The van der Waals surface area contributed by atoms with Gasteiger partial charge in [0.2, 0.25) is 5.91 Å². The Morgan fingerprint density at radius 2 is 2.00 bits per heavy atom. The molecular formula is C7H15NO2. The third-order valence-corrected chi connectivity index (χ3v) is 1.13. The van der Waals surface area contributed by atoms with E-state index in [1.54, 1.807) is 0 Å². The van der Waals surface area contributed by atoms with Gasteiger partial charge in [-0.3, -0.25) is 4.79 Å². The van der Waals surface area contributed by atoms with Crippen LogP contribution in [-0.2, 0) is 4.79 Å². The summed E-state index contributed by atoms with van der Waals surface area (Å²) in [4.78, 5) is 10.3. The predicted molar refractivity (Wildman–Crippen MR) is 39.3 cm³/mol. The number of aliphatic hydroxyl groups excluding tert-OH is 1. The number of nitrogens with two attached hydrogens (primary N) is 1. The molecule has 0 radical (unpaired) electrons. The third kappa shape index (κ3) is 4.32. The highest BCUT2D eigenvalue weighted by Gasteiger charge is 2.19. The molecule has 0 aliphatic carbocycles. The lowest BCUT2D eigenvalue weighted by atomic mass is 9.89. The summed E-state index contributed by atoms with van der Waals surface area (Å²) in [6, 6.07) is 0. The summed E-state index contributed by atoms with van der Waals surface area (Å²) in [5.74, 6) is -0.644. The fourth-order valence-corrected chi connectivity index (χ4v) is 0.681. The molecule has 0 rings (SSSR count). The van der Waals surface area contributed by atoms with Crippen LogP contribution in [0, 0.1) is 5.41 Å². The minimum Gasteiger partial charge on any atom is -0.383 e. The van der Waals surface area contributed by atoms with Gasteiger partial charge in [0.15, 0.2) is 0 Å². The molecule has 60 valence electrons. The maximum Gasteiger partial charge on any atom is 0.246 e. The van der Waals surface area contributed by atoms with Crippen molar-refractivity contribution in [1.82, 2.24) is 0 Å². The van der Waals surface area contributed by atoms with Gasteiger partial charge in [0.05, 0.1) is 0 Å². The summed E-state index contributed by atoms with van der Waals surface area (Å²) in [7, 11) is 0. The first kappa shape index (κ1) is 9.43. The lowest BCUT2D eigenvalue weighted by Gasteiger charge is -2.19. The zero-order valence-corrected chi connectivity index (χ0v) is 6.72. The van der Waals surface area contributed by atoms with Gasteiger partial charge in [-0.15, -0.1) is 0 Å². The summed E-state index contributed by atoms with van der Waals surface area (Å²) >= 11 is 0. The van der Waals surface area contributed by atoms with E-state index in [4.69, 9.17) is 10.8 Å². The Morgan fingerprint density at radius 3 is 2.10 bits per heavy atom. The van der Waals surface area contributed by atoms with Gasteiger partial charge >= 0.3 is 0 Å². The van der Waals surface area contributed by atoms with E-state index in [-0.39, 0.29) is 5.41 Å². The molecule has 0 saturated carbocycles. The maximum absolute atomic E-state index is 10.3. The topological polar surface area (TPSA) is 63.3 Å². The van der Waals surface area contributed by atoms with Crippen molar-refractivity contribution >= 4 is 5.91 Å². The Morgan fingerprint density at radius 1 is 1.60 bits per heavy atom. The highest BCUT2D eigenvalue weighted by atomic mass is 16.3. The second-order valence-corrected chi connectivity index (χ2v) is 3.68. The number of primary amides is 1. The lowest BCUT2D eigenvalue weighted by Crippen LogP contribution is -2.31. The zero-order valence-electron chi connectivity index (χ0n) is 6.72. The monoisotopic (exact) mass is 145 g/mol. The number of hydrogen-bond acceptors (Lipinski definition) is 2. The van der Waals surface area contributed by atoms with Gasteiger partial charge in [-0.05, 0) is 11.8 Å². The molecule has 0 aliphatic heterocycles. The minimum atomic E-state index is -1.00. The van der Waals surface area contributed by atoms with Crippen LogP contribution in [0.3, 0.4) is 0 Å². The van der Waals surface area contributed by atoms with E-state index in [1.807, 2.05) is 20.8 Å². The molecule has 0 fully saturated rings. The van der Waals surface area contributed by atoms with E-state index in [2.05, 4.69) is 0 Å². The van der Waals surface area contributed by atoms with Crippen LogP contribution in [0.15, 0.2) is 0 Å². The molecule has 3 nitrogen and oxygen atoms in total. The molecule has 1 amide bonds. The Balaban J connectivity index is 3.80. The largest absolute Gasteiger partial charge is 0.383 e. The molecule has 0 saturated heterocycles. The van der Waals surface area contributed by atoms with Crippen molar-refractivity contribution in [2.45, 2.75) is 33.3 Å². The van der Waals surface area contributed by atoms with Gasteiger partial charge in [0.1, 0.15) is 6.10 Å². The molecular weight excluding hydrogens is 130 g/mol. The van der Waals surface area contributed by atoms with Gasteiger partial charge in [-0.2, -0.15) is 0 Å². The van der Waals surface area contributed by atoms with E-state index in [1.165, 1.54) is 0 Å². The van der Waals surface area contributed by atoms with E-state index in [0.29, 0.717) is 6.42 Å². The summed E-state index contributed by atoms with van der Waals surface area (Å²) in [5, 5.41) is 8.99. The third-order valence-electron chi connectivity index (χ3n) is 1.13. The number of amides is 1. The van der Waals surface area contributed by atoms with Gasteiger partial charge in [-0.25, -0.2) is 0 Å². The van der Waals surface area contributed by atoms with E-state index in [0.717, 1.165) is 0 Å². The zero-order chi connectivity index (χ0) is 8.36. The molecule has 10 heavy (non-hydrogen) atoms. The Hall–Kier alpha value is -0.570. The number of hydrogen-bond donors (Lipinski definition) is 2. The van der Waals surface area contributed by atoms with Crippen molar-refractivity contribution in [3.05, 3.63) is 0 Å². The van der Waals surface area contributed by atoms with Crippen LogP contribution in [0.4, 0.5) is 0 Å². The Labute approximate surface area is 61.2 Å². The highest BCUT2D eigenvalue weighted by Crippen LogP contribution is 2.20. The van der Waals surface area contributed by atoms with Crippen LogP contribution in [0.1, 0.15) is 27.2 Å². The van der Waals surface area contributed by atoms with Gasteiger partial charge in [0.25, 0.3) is 0 Å². The van der Waals surface area contributed by atoms with Crippen molar-refractivity contribution in [3.8, 4) is 0 Å². The molecule has 0 aliphatic rings. The first-order valence-electron chi connectivity index (χ1n) is 3.30. The van der Waals surface area contributed by atoms with Gasteiger partial charge in [-0.1, -0.05) is 20.8 Å². The van der Waals surface area contributed by atoms with Crippen LogP contribution in [-0.4, -0.2) is 17.1 Å². The normalized spacial score (nSPS) is 14.8. The summed E-state index contributed by atoms with van der Waals surface area (Å²) in [5.41, 5.74) is 4.81. The van der Waals surface area contributed by atoms with Crippen molar-refractivity contribution < 1.29 is 9.90 Å². The molecule has 0 aromatic rings. The molecule has 0 spiro atoms. The van der Waals surface area contributed by atoms with E-state index in [9.17, 15) is 4.79 Å². The molecule has 0 aromatic heterocycles. The maximum atomic E-state index is 10.3.